The van der Waals surface area contributed by atoms with E-state index in [1.54, 1.807) is 0 Å². The quantitative estimate of drug-likeness (QED) is 0.129. The third kappa shape index (κ3) is 20.2. The molecule has 15 saturated carbocycles. The molecule has 0 aromatic carbocycles. The Hall–Kier alpha value is -3.18. The van der Waals surface area contributed by atoms with E-state index in [0.29, 0.717) is 60.1 Å². The molecule has 15 aliphatic carbocycles. The fraction of sp³-hybridized carbons (Fsp3) is 0.938. The summed E-state index contributed by atoms with van der Waals surface area (Å²) in [4.78, 5) is 69.3. The Balaban J connectivity index is 0.000000609. The molecule has 0 aromatic heterocycles. The van der Waals surface area contributed by atoms with Gasteiger partial charge in [0.2, 0.25) is 0 Å². The van der Waals surface area contributed by atoms with Crippen LogP contribution in [0.15, 0.2) is 0 Å². The largest absolute Gasteiger partial charge is 0.465 e. The second-order valence-corrected chi connectivity index (χ2v) is 31.9. The number of hydrogen-bond acceptors (Lipinski definition) is 12. The van der Waals surface area contributed by atoms with Crippen molar-refractivity contribution >= 4 is 35.8 Å². The molecule has 108 heavy (non-hydrogen) atoms. The molecule has 7 aliphatic heterocycles. The van der Waals surface area contributed by atoms with Gasteiger partial charge in [0.1, 0.15) is 17.8 Å². The first-order valence-corrected chi connectivity index (χ1v) is 47.6. The maximum atomic E-state index is 12.2. The van der Waals surface area contributed by atoms with Gasteiger partial charge in [-0.2, -0.15) is 0 Å². The minimum Gasteiger partial charge on any atom is -0.465 e. The van der Waals surface area contributed by atoms with Gasteiger partial charge in [0, 0.05) is 23.2 Å². The van der Waals surface area contributed by atoms with Crippen LogP contribution in [0.5, 0.6) is 0 Å². The Morgan fingerprint density at radius 3 is 1.23 bits per heavy atom. The highest BCUT2D eigenvalue weighted by atomic mass is 16.6. The average molecular weight is 1530 g/mol. The fourth-order valence-corrected chi connectivity index (χ4v) is 25.5. The Morgan fingerprint density at radius 2 is 0.787 bits per heavy atom. The van der Waals surface area contributed by atoms with Crippen molar-refractivity contribution in [1.82, 2.24) is 0 Å². The maximum absolute atomic E-state index is 12.2. The first-order chi connectivity index (χ1) is 52.5. The highest BCUT2D eigenvalue weighted by Crippen LogP contribution is 2.74. The van der Waals surface area contributed by atoms with Crippen LogP contribution in [-0.2, 0) is 57.2 Å². The number of cyclic esters (lactones) is 3. The summed E-state index contributed by atoms with van der Waals surface area (Å²) in [5, 5.41) is 0. The van der Waals surface area contributed by atoms with E-state index in [1.807, 2.05) is 215 Å². The Labute approximate surface area is 668 Å². The molecule has 27 unspecified atom stereocenters. The van der Waals surface area contributed by atoms with Gasteiger partial charge >= 0.3 is 35.8 Å². The van der Waals surface area contributed by atoms with E-state index in [4.69, 9.17) is 28.4 Å². The van der Waals surface area contributed by atoms with Crippen LogP contribution in [0.2, 0.25) is 0 Å². The van der Waals surface area contributed by atoms with Crippen molar-refractivity contribution in [3.8, 4) is 0 Å². The molecule has 0 aromatic rings. The standard InChI is InChI=1S/C15H20O2.C14H18O2.C10H14O2.C10H16O2.C9H12O2.C8H10O2.15C2H6/c16-14-15(3-4-17-14)7-10-6-11(15)13-9-2-1-8(5-9)12(10)13;15-14-13-9-4-8(10(13)5-16-14)11-6-1-2-7(3-6)12(9)11;11-10-8-2-6-1-7(3-8)5-9(4-6)12-10;1-8(2)9(3)5-6-10(8,4)12-7(9)11;10-9-8-6-2-1-5(3-6)7(8)4-11-9;9-8-6-2-4-1-5(6)7(3-4)10-8;15*1-2/h8-13H,1-7H2;6-13H,1-5H2;6-9H,1-5H2;5-6H2,1-4H3;5-8H,1-4H2;4-7H,1-3H2;15*1-2H3. The average Bonchev–Trinajstić information content (AvgIpc) is 1.54. The van der Waals surface area contributed by atoms with Crippen LogP contribution in [0.3, 0.4) is 0 Å². The number of esters is 6. The summed E-state index contributed by atoms with van der Waals surface area (Å²) >= 11 is 0. The summed E-state index contributed by atoms with van der Waals surface area (Å²) in [6.07, 6.45) is 29.8. The Morgan fingerprint density at radius 1 is 0.324 bits per heavy atom. The molecule has 0 amide bonds. The van der Waals surface area contributed by atoms with Crippen molar-refractivity contribution in [2.24, 2.45) is 158 Å². The predicted octanol–water partition coefficient (Wildman–Crippen LogP) is 26.1. The second kappa shape index (κ2) is 49.6. The van der Waals surface area contributed by atoms with Crippen molar-refractivity contribution in [1.29, 1.82) is 0 Å². The van der Waals surface area contributed by atoms with E-state index >= 15 is 0 Å². The van der Waals surface area contributed by atoms with Gasteiger partial charge in [-0.25, -0.2) is 0 Å². The third-order valence-corrected chi connectivity index (χ3v) is 29.3. The Bertz CT molecular complexity index is 2530. The van der Waals surface area contributed by atoms with E-state index in [9.17, 15) is 28.8 Å². The van der Waals surface area contributed by atoms with E-state index in [2.05, 4.69) is 20.8 Å². The lowest BCUT2D eigenvalue weighted by Crippen LogP contribution is -2.42. The van der Waals surface area contributed by atoms with Gasteiger partial charge in [-0.15, -0.1) is 0 Å². The molecular formula is C96H180O12. The molecular weight excluding hydrogens is 1350 g/mol. The number of fused-ring (bicyclic) bond motifs is 31. The molecule has 12 heteroatoms. The lowest BCUT2D eigenvalue weighted by atomic mass is 9.60. The molecule has 636 valence electrons. The maximum Gasteiger partial charge on any atom is 0.313 e. The number of carbonyl (C=O) groups is 6. The van der Waals surface area contributed by atoms with Crippen molar-refractivity contribution in [3.63, 3.8) is 0 Å². The second-order valence-electron chi connectivity index (χ2n) is 31.9. The van der Waals surface area contributed by atoms with Gasteiger partial charge in [0.05, 0.1) is 54.3 Å². The van der Waals surface area contributed by atoms with Crippen molar-refractivity contribution < 1.29 is 57.2 Å². The predicted molar refractivity (Wildman–Crippen MR) is 452 cm³/mol. The fourth-order valence-electron chi connectivity index (χ4n) is 25.5. The summed E-state index contributed by atoms with van der Waals surface area (Å²) < 4.78 is 31.7. The van der Waals surface area contributed by atoms with Gasteiger partial charge in [-0.05, 0) is 262 Å². The van der Waals surface area contributed by atoms with Gasteiger partial charge in [-0.1, -0.05) is 222 Å². The lowest BCUT2D eigenvalue weighted by Gasteiger charge is -2.42. The Kier molecular flexibility index (Phi) is 47.2. The van der Waals surface area contributed by atoms with Crippen LogP contribution in [0.4, 0.5) is 0 Å². The summed E-state index contributed by atoms with van der Waals surface area (Å²) in [7, 11) is 0. The molecule has 0 N–H and O–H groups in total. The summed E-state index contributed by atoms with van der Waals surface area (Å²) in [5.74, 6) is 18.7. The molecule has 22 rings (SSSR count). The molecule has 7 heterocycles. The van der Waals surface area contributed by atoms with E-state index in [1.165, 1.54) is 89.9 Å². The van der Waals surface area contributed by atoms with Gasteiger partial charge in [0.15, 0.2) is 0 Å². The molecule has 27 atom stereocenters. The molecule has 0 radical (unpaired) electrons. The molecule has 12 nitrogen and oxygen atoms in total. The minimum absolute atomic E-state index is 0.00116. The normalized spacial score (nSPS) is 41.9. The summed E-state index contributed by atoms with van der Waals surface area (Å²) in [5.41, 5.74) is -0.450. The van der Waals surface area contributed by atoms with Crippen molar-refractivity contribution in [2.45, 2.75) is 401 Å². The highest BCUT2D eigenvalue weighted by molar-refractivity contribution is 5.82. The number of hydrogen-bond donors (Lipinski definition) is 0. The number of ether oxygens (including phenoxy) is 6. The zero-order chi connectivity index (χ0) is 83.1. The van der Waals surface area contributed by atoms with Crippen LogP contribution in [0, 0.1) is 158 Å². The van der Waals surface area contributed by atoms with Crippen LogP contribution >= 0.6 is 0 Å². The lowest BCUT2D eigenvalue weighted by molar-refractivity contribution is -0.158. The van der Waals surface area contributed by atoms with E-state index < -0.39 is 0 Å². The smallest absolute Gasteiger partial charge is 0.313 e. The van der Waals surface area contributed by atoms with Crippen LogP contribution in [0.25, 0.3) is 0 Å². The number of rotatable bonds is 0. The van der Waals surface area contributed by atoms with Crippen LogP contribution in [0.1, 0.15) is 383 Å². The van der Waals surface area contributed by atoms with Gasteiger partial charge in [0.25, 0.3) is 0 Å². The summed E-state index contributed by atoms with van der Waals surface area (Å²) in [6.45, 7) is 70.6. The molecule has 22 fully saturated rings. The molecule has 1 spiro atoms. The molecule has 22 aliphatic rings. The van der Waals surface area contributed by atoms with Crippen molar-refractivity contribution in [3.05, 3.63) is 0 Å². The van der Waals surface area contributed by atoms with Gasteiger partial charge in [-0.3, -0.25) is 28.8 Å². The van der Waals surface area contributed by atoms with Crippen LogP contribution in [-0.4, -0.2) is 73.4 Å². The molecule has 18 bridgehead atoms. The van der Waals surface area contributed by atoms with Crippen molar-refractivity contribution in [2.75, 3.05) is 19.8 Å². The first-order valence-electron chi connectivity index (χ1n) is 47.6. The monoisotopic (exact) mass is 1530 g/mol. The van der Waals surface area contributed by atoms with E-state index in [0.717, 1.165) is 160 Å². The van der Waals surface area contributed by atoms with Crippen LogP contribution < -0.4 is 0 Å². The summed E-state index contributed by atoms with van der Waals surface area (Å²) in [6, 6.07) is 0. The first kappa shape index (κ1) is 103. The zero-order valence-corrected chi connectivity index (χ0v) is 77.3. The number of carbonyl (C=O) groups excluding carboxylic acids is 6. The topological polar surface area (TPSA) is 158 Å². The SMILES string of the molecule is CC.CC.CC.CC.CC.CC.CC.CC.CC.CC.CC.CC.CC.CC.CC.CC12CCC(C)(C(=O)O1)C2(C)C.O=C1OC2CC3CC(C2)CC1C3.O=C1OC2CC3CC1C2C3.O=C1OCC2C3CC(C12)C1C2CCC(C2)C31.O=C1OCC2C3CCC(C3)C12.O=C1OCCC12CC1CC2C2C3CCC(C3)C12. The van der Waals surface area contributed by atoms with E-state index in [-0.39, 0.29) is 69.7 Å². The molecule has 7 saturated heterocycles. The minimum atomic E-state index is -0.234. The van der Waals surface area contributed by atoms with Gasteiger partial charge < -0.3 is 28.4 Å². The zero-order valence-electron chi connectivity index (χ0n) is 77.3. The highest BCUT2D eigenvalue weighted by Gasteiger charge is 2.73. The third-order valence-electron chi connectivity index (χ3n) is 29.3.